The molecule has 1 aromatic heterocycles. The number of anilines is 1. The van der Waals surface area contributed by atoms with Gasteiger partial charge in [-0.15, -0.1) is 0 Å². The molecule has 1 unspecified atom stereocenters. The quantitative estimate of drug-likeness (QED) is 0.434. The van der Waals surface area contributed by atoms with E-state index in [4.69, 9.17) is 5.73 Å². The third-order valence-electron chi connectivity index (χ3n) is 5.10. The topological polar surface area (TPSA) is 79.5 Å². The summed E-state index contributed by atoms with van der Waals surface area (Å²) in [5.41, 5.74) is 11.0. The number of pyridine rings is 1. The summed E-state index contributed by atoms with van der Waals surface area (Å²) < 4.78 is 0. The van der Waals surface area contributed by atoms with Crippen LogP contribution in [0.5, 0.6) is 5.75 Å². The summed E-state index contributed by atoms with van der Waals surface area (Å²) in [5, 5.41) is 11.1. The predicted octanol–water partition coefficient (Wildman–Crippen LogP) is 3.36. The molecule has 3 N–H and O–H groups in total. The van der Waals surface area contributed by atoms with Gasteiger partial charge in [-0.2, -0.15) is 0 Å². The molecule has 0 saturated heterocycles. The summed E-state index contributed by atoms with van der Waals surface area (Å²) in [6, 6.07) is 9.09. The molecule has 5 heteroatoms. The van der Waals surface area contributed by atoms with Crippen LogP contribution in [-0.4, -0.2) is 34.9 Å². The number of carbonyl (C=O) groups is 1. The summed E-state index contributed by atoms with van der Waals surface area (Å²) in [7, 11) is 3.91. The Balaban J connectivity index is 2.20. The molecule has 5 nitrogen and oxygen atoms in total. The molecule has 1 aliphatic rings. The average molecular weight is 333 g/mol. The first-order chi connectivity index (χ1) is 11.9. The normalized spacial score (nSPS) is 14.0. The summed E-state index contributed by atoms with van der Waals surface area (Å²) in [6.45, 7) is 2.02. The molecule has 2 aromatic carbocycles. The van der Waals surface area contributed by atoms with Crippen LogP contribution in [0.4, 0.5) is 5.69 Å². The highest BCUT2D eigenvalue weighted by molar-refractivity contribution is 6.26. The van der Waals surface area contributed by atoms with Crippen LogP contribution in [0, 0.1) is 0 Å². The van der Waals surface area contributed by atoms with Crippen LogP contribution in [0.2, 0.25) is 0 Å². The molecule has 0 saturated carbocycles. The van der Waals surface area contributed by atoms with Crippen molar-refractivity contribution in [3.63, 3.8) is 0 Å². The standard InChI is InChI=1S/C20H19N3O2/c1-10(23(2)3)16-18-14(8-15(24)19(16)21)22-9-13-17(18)11-6-4-5-7-12(11)20(13)25/h4-10,24H,21H2,1-3H3. The number of carbonyl (C=O) groups excluding carboxylic acids is 1. The number of phenols is 1. The van der Waals surface area contributed by atoms with E-state index in [1.807, 2.05) is 50.2 Å². The van der Waals surface area contributed by atoms with Crippen LogP contribution in [-0.2, 0) is 0 Å². The van der Waals surface area contributed by atoms with Crippen LogP contribution in [0.25, 0.3) is 22.0 Å². The van der Waals surface area contributed by atoms with Crippen molar-refractivity contribution < 1.29 is 9.90 Å². The van der Waals surface area contributed by atoms with E-state index in [1.54, 1.807) is 12.3 Å². The fourth-order valence-electron chi connectivity index (χ4n) is 3.58. The number of hydrogen-bond acceptors (Lipinski definition) is 5. The first-order valence-corrected chi connectivity index (χ1v) is 8.16. The Hall–Kier alpha value is -2.92. The van der Waals surface area contributed by atoms with Crippen LogP contribution >= 0.6 is 0 Å². The van der Waals surface area contributed by atoms with Gasteiger partial charge in [0, 0.05) is 45.9 Å². The van der Waals surface area contributed by atoms with Crippen LogP contribution < -0.4 is 5.73 Å². The summed E-state index contributed by atoms with van der Waals surface area (Å²) in [6.07, 6.45) is 1.60. The Morgan fingerprint density at radius 1 is 1.16 bits per heavy atom. The lowest BCUT2D eigenvalue weighted by Gasteiger charge is -2.25. The van der Waals surface area contributed by atoms with Gasteiger partial charge in [0.05, 0.1) is 11.2 Å². The Bertz CT molecular complexity index is 1040. The molecule has 0 radical (unpaired) electrons. The molecule has 1 aliphatic carbocycles. The number of phenolic OH excluding ortho intramolecular Hbond substituents is 1. The van der Waals surface area contributed by atoms with E-state index in [-0.39, 0.29) is 17.6 Å². The summed E-state index contributed by atoms with van der Waals surface area (Å²) in [4.78, 5) is 19.2. The van der Waals surface area contributed by atoms with Gasteiger partial charge >= 0.3 is 0 Å². The van der Waals surface area contributed by atoms with Gasteiger partial charge < -0.3 is 15.7 Å². The number of nitrogen functional groups attached to an aromatic ring is 1. The van der Waals surface area contributed by atoms with Crippen molar-refractivity contribution >= 4 is 22.4 Å². The fourth-order valence-corrected chi connectivity index (χ4v) is 3.58. The van der Waals surface area contributed by atoms with Crippen molar-refractivity contribution in [2.75, 3.05) is 19.8 Å². The molecule has 3 aromatic rings. The molecule has 0 bridgehead atoms. The molecule has 1 atom stereocenters. The second-order valence-electron chi connectivity index (χ2n) is 6.68. The van der Waals surface area contributed by atoms with Gasteiger partial charge in [0.15, 0.2) is 5.78 Å². The first kappa shape index (κ1) is 15.6. The third kappa shape index (κ3) is 2.06. The zero-order valence-corrected chi connectivity index (χ0v) is 14.4. The van der Waals surface area contributed by atoms with E-state index in [0.29, 0.717) is 22.3 Å². The molecular formula is C20H19N3O2. The lowest BCUT2D eigenvalue weighted by atomic mass is 9.92. The number of aromatic nitrogens is 1. The van der Waals surface area contributed by atoms with Crippen molar-refractivity contribution in [3.05, 3.63) is 53.2 Å². The van der Waals surface area contributed by atoms with Gasteiger partial charge in [-0.25, -0.2) is 0 Å². The Labute approximate surface area is 145 Å². The lowest BCUT2D eigenvalue weighted by Crippen LogP contribution is -2.19. The van der Waals surface area contributed by atoms with Gasteiger partial charge in [0.1, 0.15) is 5.75 Å². The fraction of sp³-hybridized carbons (Fsp3) is 0.200. The van der Waals surface area contributed by atoms with Gasteiger partial charge in [-0.3, -0.25) is 9.78 Å². The van der Waals surface area contributed by atoms with Crippen LogP contribution in [0.3, 0.4) is 0 Å². The minimum absolute atomic E-state index is 0.0151. The van der Waals surface area contributed by atoms with E-state index in [0.717, 1.165) is 22.1 Å². The number of rotatable bonds is 2. The number of nitrogens with two attached hydrogens (primary N) is 1. The monoisotopic (exact) mass is 333 g/mol. The lowest BCUT2D eigenvalue weighted by molar-refractivity contribution is 0.104. The number of aromatic hydroxyl groups is 1. The van der Waals surface area contributed by atoms with Crippen molar-refractivity contribution in [2.24, 2.45) is 0 Å². The van der Waals surface area contributed by atoms with Crippen LogP contribution in [0.1, 0.15) is 34.5 Å². The minimum Gasteiger partial charge on any atom is -0.506 e. The molecule has 0 fully saturated rings. The molecule has 25 heavy (non-hydrogen) atoms. The minimum atomic E-state index is -0.0502. The summed E-state index contributed by atoms with van der Waals surface area (Å²) in [5.74, 6) is -0.00337. The predicted molar refractivity (Wildman–Crippen MR) is 98.8 cm³/mol. The third-order valence-corrected chi connectivity index (χ3v) is 5.10. The second kappa shape index (κ2) is 5.29. The van der Waals surface area contributed by atoms with Crippen molar-refractivity contribution in [1.82, 2.24) is 9.88 Å². The smallest absolute Gasteiger partial charge is 0.195 e. The first-order valence-electron chi connectivity index (χ1n) is 8.16. The van der Waals surface area contributed by atoms with E-state index >= 15 is 0 Å². The number of ketones is 1. The van der Waals surface area contributed by atoms with Crippen molar-refractivity contribution in [3.8, 4) is 16.9 Å². The van der Waals surface area contributed by atoms with E-state index < -0.39 is 0 Å². The van der Waals surface area contributed by atoms with Crippen LogP contribution in [0.15, 0.2) is 36.5 Å². The molecule has 4 rings (SSSR count). The molecule has 0 spiro atoms. The van der Waals surface area contributed by atoms with Crippen molar-refractivity contribution in [1.29, 1.82) is 0 Å². The van der Waals surface area contributed by atoms with Crippen molar-refractivity contribution in [2.45, 2.75) is 13.0 Å². The van der Waals surface area contributed by atoms with Gasteiger partial charge in [-0.1, -0.05) is 24.3 Å². The molecule has 0 aliphatic heterocycles. The Morgan fingerprint density at radius 3 is 2.52 bits per heavy atom. The van der Waals surface area contributed by atoms with Gasteiger partial charge in [0.25, 0.3) is 0 Å². The summed E-state index contributed by atoms with van der Waals surface area (Å²) >= 11 is 0. The molecule has 1 heterocycles. The molecular weight excluding hydrogens is 314 g/mol. The SMILES string of the molecule is CC(c1c(N)c(O)cc2ncc3c(c12)-c1ccccc1C3=O)N(C)C. The Kier molecular flexibility index (Phi) is 3.30. The average Bonchev–Trinajstić information content (AvgIpc) is 2.89. The van der Waals surface area contributed by atoms with Gasteiger partial charge in [-0.05, 0) is 26.6 Å². The number of benzene rings is 2. The van der Waals surface area contributed by atoms with E-state index in [2.05, 4.69) is 4.98 Å². The van der Waals surface area contributed by atoms with Gasteiger partial charge in [0.2, 0.25) is 0 Å². The maximum atomic E-state index is 12.8. The molecule has 126 valence electrons. The highest BCUT2D eigenvalue weighted by Crippen LogP contribution is 2.46. The zero-order chi connectivity index (χ0) is 17.9. The second-order valence-corrected chi connectivity index (χ2v) is 6.68. The highest BCUT2D eigenvalue weighted by atomic mass is 16.3. The van der Waals surface area contributed by atoms with E-state index in [1.165, 1.54) is 0 Å². The highest BCUT2D eigenvalue weighted by Gasteiger charge is 2.31. The van der Waals surface area contributed by atoms with E-state index in [9.17, 15) is 9.90 Å². The number of hydrogen-bond donors (Lipinski definition) is 2. The number of fused-ring (bicyclic) bond motifs is 5. The largest absolute Gasteiger partial charge is 0.506 e. The maximum absolute atomic E-state index is 12.8. The number of nitrogens with zero attached hydrogens (tertiary/aromatic N) is 2. The Morgan fingerprint density at radius 2 is 1.84 bits per heavy atom. The molecule has 0 amide bonds. The maximum Gasteiger partial charge on any atom is 0.195 e. The zero-order valence-electron chi connectivity index (χ0n) is 14.4.